The van der Waals surface area contributed by atoms with E-state index in [1.165, 1.54) is 5.56 Å². The molecule has 94 valence electrons. The Morgan fingerprint density at radius 2 is 2.11 bits per heavy atom. The Labute approximate surface area is 111 Å². The van der Waals surface area contributed by atoms with Gasteiger partial charge in [-0.05, 0) is 25.0 Å². The highest BCUT2D eigenvalue weighted by Crippen LogP contribution is 2.14. The highest BCUT2D eigenvalue weighted by atomic mass is 32.2. The molecule has 1 aromatic carbocycles. The first kappa shape index (κ1) is 12.9. The molecule has 2 rings (SSSR count). The van der Waals surface area contributed by atoms with Gasteiger partial charge >= 0.3 is 0 Å². The van der Waals surface area contributed by atoms with Crippen molar-refractivity contribution >= 4 is 28.4 Å². The first-order valence-corrected chi connectivity index (χ1v) is 6.87. The van der Waals surface area contributed by atoms with Crippen molar-refractivity contribution in [3.05, 3.63) is 41.5 Å². The number of nitrogens with zero attached hydrogens (tertiary/aromatic N) is 1. The zero-order valence-corrected chi connectivity index (χ0v) is 11.4. The van der Waals surface area contributed by atoms with Crippen molar-refractivity contribution in [3.8, 4) is 0 Å². The van der Waals surface area contributed by atoms with Crippen LogP contribution in [0, 0.1) is 6.92 Å². The van der Waals surface area contributed by atoms with Crippen molar-refractivity contribution in [2.75, 3.05) is 12.3 Å². The third-order valence-electron chi connectivity index (χ3n) is 2.67. The molecule has 3 nitrogen and oxygen atoms in total. The number of nitrogens with one attached hydrogen (secondary N) is 1. The average molecular weight is 260 g/mol. The van der Waals surface area contributed by atoms with Crippen LogP contribution in [0.3, 0.4) is 0 Å². The van der Waals surface area contributed by atoms with E-state index in [1.54, 1.807) is 17.8 Å². The lowest BCUT2D eigenvalue weighted by Crippen LogP contribution is -2.25. The van der Waals surface area contributed by atoms with Gasteiger partial charge in [0, 0.05) is 11.8 Å². The van der Waals surface area contributed by atoms with Crippen molar-refractivity contribution in [1.29, 1.82) is 0 Å². The minimum atomic E-state index is -0.110. The summed E-state index contributed by atoms with van der Waals surface area (Å²) in [6.07, 6.45) is 1.62. The molecule has 18 heavy (non-hydrogen) atoms. The van der Waals surface area contributed by atoms with Crippen molar-refractivity contribution in [2.45, 2.75) is 13.8 Å². The van der Waals surface area contributed by atoms with Crippen molar-refractivity contribution < 1.29 is 4.79 Å². The van der Waals surface area contributed by atoms with Gasteiger partial charge in [0.05, 0.1) is 6.54 Å². The van der Waals surface area contributed by atoms with E-state index in [4.69, 9.17) is 0 Å². The fourth-order valence-electron chi connectivity index (χ4n) is 1.65. The highest BCUT2D eigenvalue weighted by molar-refractivity contribution is 8.14. The first-order valence-electron chi connectivity index (χ1n) is 5.89. The maximum Gasteiger partial charge on any atom is 0.250 e. The van der Waals surface area contributed by atoms with Gasteiger partial charge in [0.2, 0.25) is 5.91 Å². The standard InChI is InChI=1S/C14H16N2OS/c1-10-3-5-12(6-4-10)11(2)9-13(17)16-14-15-7-8-18-14/h3-6,9H,7-8H2,1-2H3,(H,15,16,17)/b11-9+. The Morgan fingerprint density at radius 1 is 1.39 bits per heavy atom. The third-order valence-corrected chi connectivity index (χ3v) is 3.56. The molecule has 0 fully saturated rings. The maximum absolute atomic E-state index is 11.8. The predicted molar refractivity (Wildman–Crippen MR) is 77.7 cm³/mol. The number of rotatable bonds is 2. The van der Waals surface area contributed by atoms with Crippen LogP contribution in [0.25, 0.3) is 5.57 Å². The Hall–Kier alpha value is -1.55. The molecular weight excluding hydrogens is 244 g/mol. The summed E-state index contributed by atoms with van der Waals surface area (Å²) in [6.45, 7) is 4.78. The predicted octanol–water partition coefficient (Wildman–Crippen LogP) is 2.62. The van der Waals surface area contributed by atoms with E-state index >= 15 is 0 Å². The van der Waals surface area contributed by atoms with Crippen LogP contribution >= 0.6 is 11.8 Å². The molecule has 1 aromatic rings. The number of hydrogen-bond acceptors (Lipinski definition) is 3. The van der Waals surface area contributed by atoms with E-state index in [9.17, 15) is 4.79 Å². The summed E-state index contributed by atoms with van der Waals surface area (Å²) < 4.78 is 0. The van der Waals surface area contributed by atoms with E-state index in [1.807, 2.05) is 38.1 Å². The van der Waals surface area contributed by atoms with Crippen LogP contribution in [-0.4, -0.2) is 23.4 Å². The van der Waals surface area contributed by atoms with Gasteiger partial charge in [0.25, 0.3) is 0 Å². The van der Waals surface area contributed by atoms with Gasteiger partial charge < -0.3 is 5.32 Å². The molecule has 1 aliphatic heterocycles. The van der Waals surface area contributed by atoms with E-state index < -0.39 is 0 Å². The molecule has 1 heterocycles. The minimum Gasteiger partial charge on any atom is -0.302 e. The second kappa shape index (κ2) is 5.87. The van der Waals surface area contributed by atoms with Crippen LogP contribution in [0.4, 0.5) is 0 Å². The molecule has 1 aliphatic rings. The minimum absolute atomic E-state index is 0.110. The maximum atomic E-state index is 11.8. The number of hydrogen-bond donors (Lipinski definition) is 1. The van der Waals surface area contributed by atoms with Gasteiger partial charge in [-0.15, -0.1) is 0 Å². The van der Waals surface area contributed by atoms with Crippen LogP contribution in [0.2, 0.25) is 0 Å². The van der Waals surface area contributed by atoms with Gasteiger partial charge in [0.15, 0.2) is 5.17 Å². The number of benzene rings is 1. The summed E-state index contributed by atoms with van der Waals surface area (Å²) >= 11 is 1.58. The Kier molecular flexibility index (Phi) is 4.20. The highest BCUT2D eigenvalue weighted by Gasteiger charge is 2.09. The second-order valence-corrected chi connectivity index (χ2v) is 5.30. The van der Waals surface area contributed by atoms with E-state index in [2.05, 4.69) is 10.3 Å². The van der Waals surface area contributed by atoms with Gasteiger partial charge in [-0.1, -0.05) is 41.6 Å². The summed E-state index contributed by atoms with van der Waals surface area (Å²) in [6, 6.07) is 8.13. The zero-order valence-electron chi connectivity index (χ0n) is 10.6. The summed E-state index contributed by atoms with van der Waals surface area (Å²) in [5, 5.41) is 3.52. The molecule has 1 N–H and O–H groups in total. The third kappa shape index (κ3) is 3.47. The number of allylic oxidation sites excluding steroid dienone is 1. The molecule has 0 unspecified atom stereocenters. The molecule has 0 atom stereocenters. The van der Waals surface area contributed by atoms with Crippen molar-refractivity contribution in [1.82, 2.24) is 5.32 Å². The van der Waals surface area contributed by atoms with Crippen LogP contribution < -0.4 is 5.32 Å². The summed E-state index contributed by atoms with van der Waals surface area (Å²) in [5.41, 5.74) is 3.24. The number of carbonyl (C=O) groups excluding carboxylic acids is 1. The second-order valence-electron chi connectivity index (χ2n) is 4.22. The lowest BCUT2D eigenvalue weighted by atomic mass is 10.1. The lowest BCUT2D eigenvalue weighted by Gasteiger charge is -2.03. The van der Waals surface area contributed by atoms with E-state index in [0.717, 1.165) is 28.6 Å². The molecule has 0 spiro atoms. The van der Waals surface area contributed by atoms with Gasteiger partial charge in [0.1, 0.15) is 0 Å². The van der Waals surface area contributed by atoms with Gasteiger partial charge in [-0.25, -0.2) is 0 Å². The lowest BCUT2D eigenvalue weighted by molar-refractivity contribution is -0.115. The molecular formula is C14H16N2OS. The molecule has 4 heteroatoms. The number of amidine groups is 1. The van der Waals surface area contributed by atoms with Crippen molar-refractivity contribution in [3.63, 3.8) is 0 Å². The topological polar surface area (TPSA) is 41.5 Å². The fraction of sp³-hybridized carbons (Fsp3) is 0.286. The van der Waals surface area contributed by atoms with Crippen LogP contribution in [0.1, 0.15) is 18.1 Å². The monoisotopic (exact) mass is 260 g/mol. The molecule has 0 bridgehead atoms. The van der Waals surface area contributed by atoms with Crippen molar-refractivity contribution in [2.24, 2.45) is 4.99 Å². The van der Waals surface area contributed by atoms with E-state index in [0.29, 0.717) is 0 Å². The van der Waals surface area contributed by atoms with Crippen LogP contribution in [-0.2, 0) is 4.79 Å². The smallest absolute Gasteiger partial charge is 0.250 e. The average Bonchev–Trinajstić information content (AvgIpc) is 2.82. The Balaban J connectivity index is 2.03. The fourth-order valence-corrected chi connectivity index (χ4v) is 2.38. The summed E-state index contributed by atoms with van der Waals surface area (Å²) in [5.74, 6) is 0.845. The Bertz CT molecular complexity index is 503. The summed E-state index contributed by atoms with van der Waals surface area (Å²) in [7, 11) is 0. The largest absolute Gasteiger partial charge is 0.302 e. The van der Waals surface area contributed by atoms with Crippen LogP contribution in [0.15, 0.2) is 35.3 Å². The SMILES string of the molecule is C/C(=C\C(=O)NC1=NCCS1)c1ccc(C)cc1. The molecule has 0 aliphatic carbocycles. The van der Waals surface area contributed by atoms with Crippen LogP contribution in [0.5, 0.6) is 0 Å². The number of carbonyl (C=O) groups is 1. The van der Waals surface area contributed by atoms with Gasteiger partial charge in [-0.3, -0.25) is 9.79 Å². The molecule has 0 radical (unpaired) electrons. The van der Waals surface area contributed by atoms with Gasteiger partial charge in [-0.2, -0.15) is 0 Å². The molecule has 0 saturated carbocycles. The molecule has 0 saturated heterocycles. The first-order chi connectivity index (χ1) is 8.65. The molecule has 1 amide bonds. The quantitative estimate of drug-likeness (QED) is 0.830. The number of amides is 1. The molecule has 0 aromatic heterocycles. The Morgan fingerprint density at radius 3 is 2.72 bits per heavy atom. The zero-order chi connectivity index (χ0) is 13.0. The summed E-state index contributed by atoms with van der Waals surface area (Å²) in [4.78, 5) is 16.0. The normalized spacial score (nSPS) is 15.4. The number of aliphatic imine (C=N–C) groups is 1. The van der Waals surface area contributed by atoms with E-state index in [-0.39, 0.29) is 5.91 Å². The number of thioether (sulfide) groups is 1. The number of aryl methyl sites for hydroxylation is 1.